The first kappa shape index (κ1) is 56.3. The number of carbonyl (C=O) groups excluding carboxylic acids is 2. The van der Waals surface area contributed by atoms with Crippen LogP contribution in [0, 0.1) is 0 Å². The number of hydrogen-bond donors (Lipinski definition) is 1. The molecule has 1 N–H and O–H groups in total. The van der Waals surface area contributed by atoms with Crippen LogP contribution in [-0.2, 0) is 19.1 Å². The van der Waals surface area contributed by atoms with Crippen molar-refractivity contribution in [3.05, 3.63) is 122 Å². The Morgan fingerprint density at radius 1 is 0.400 bits per heavy atom. The van der Waals surface area contributed by atoms with E-state index in [1.165, 1.54) is 51.4 Å². The van der Waals surface area contributed by atoms with Crippen LogP contribution >= 0.6 is 0 Å². The van der Waals surface area contributed by atoms with Crippen LogP contribution in [0.5, 0.6) is 0 Å². The number of unbranched alkanes of at least 4 members (excludes halogenated alkanes) is 14. The van der Waals surface area contributed by atoms with Gasteiger partial charge in [-0.25, -0.2) is 0 Å². The van der Waals surface area contributed by atoms with E-state index >= 15 is 0 Å². The first-order valence-corrected chi connectivity index (χ1v) is 24.1. The van der Waals surface area contributed by atoms with Crippen LogP contribution in [-0.4, -0.2) is 36.4 Å². The first-order chi connectivity index (χ1) is 29.6. The molecule has 0 saturated heterocycles. The van der Waals surface area contributed by atoms with Gasteiger partial charge in [0.25, 0.3) is 0 Å². The van der Waals surface area contributed by atoms with Crippen molar-refractivity contribution in [1.82, 2.24) is 0 Å². The van der Waals surface area contributed by atoms with Gasteiger partial charge < -0.3 is 14.6 Å². The van der Waals surface area contributed by atoms with Crippen LogP contribution < -0.4 is 0 Å². The highest BCUT2D eigenvalue weighted by Gasteiger charge is 2.16. The molecule has 0 aromatic carbocycles. The lowest BCUT2D eigenvalue weighted by molar-refractivity contribution is -0.161. The number of aliphatic hydroxyl groups excluding tert-OH is 1. The third kappa shape index (κ3) is 47.0. The fraction of sp³-hybridized carbons (Fsp3) is 0.600. The van der Waals surface area contributed by atoms with Gasteiger partial charge in [-0.2, -0.15) is 0 Å². The lowest BCUT2D eigenvalue weighted by Crippen LogP contribution is -2.28. The summed E-state index contributed by atoms with van der Waals surface area (Å²) in [6.07, 6.45) is 72.7. The molecule has 1 unspecified atom stereocenters. The molecule has 5 heteroatoms. The third-order valence-corrected chi connectivity index (χ3v) is 9.74. The van der Waals surface area contributed by atoms with E-state index in [4.69, 9.17) is 9.47 Å². The molecule has 0 aliphatic carbocycles. The summed E-state index contributed by atoms with van der Waals surface area (Å²) in [5.41, 5.74) is 0. The van der Waals surface area contributed by atoms with Gasteiger partial charge in [-0.15, -0.1) is 0 Å². The average Bonchev–Trinajstić information content (AvgIpc) is 3.25. The Morgan fingerprint density at radius 2 is 0.717 bits per heavy atom. The number of allylic oxidation sites excluding steroid dienone is 20. The van der Waals surface area contributed by atoms with Crippen molar-refractivity contribution in [3.63, 3.8) is 0 Å². The molecular weight excluding hydrogens is 741 g/mol. The molecule has 60 heavy (non-hydrogen) atoms. The summed E-state index contributed by atoms with van der Waals surface area (Å²) in [6, 6.07) is 0. The SMILES string of the molecule is CC/C=C\C/C=C\C/C=C\C/C=C\C/C=C\C/C=C\C/C=C\C/C=C\CCCCCCC(=O)OC(CO)COC(=O)CCCCCCCCC/C=C\C/C=C\CCCCC. The number of ether oxygens (including phenoxy) is 2. The molecule has 0 aromatic rings. The summed E-state index contributed by atoms with van der Waals surface area (Å²) < 4.78 is 10.6. The Kier molecular flexibility index (Phi) is 46.6. The number of hydrogen-bond acceptors (Lipinski definition) is 5. The topological polar surface area (TPSA) is 72.8 Å². The van der Waals surface area contributed by atoms with Crippen LogP contribution in [0.15, 0.2) is 122 Å². The molecule has 0 rings (SSSR count). The second-order valence-electron chi connectivity index (χ2n) is 15.4. The van der Waals surface area contributed by atoms with Gasteiger partial charge in [0.1, 0.15) is 6.61 Å². The average molecular weight is 829 g/mol. The Balaban J connectivity index is 3.67. The van der Waals surface area contributed by atoms with Gasteiger partial charge >= 0.3 is 11.9 Å². The van der Waals surface area contributed by atoms with E-state index in [-0.39, 0.29) is 25.2 Å². The quantitative estimate of drug-likeness (QED) is 0.0377. The zero-order valence-electron chi connectivity index (χ0n) is 38.4. The van der Waals surface area contributed by atoms with Crippen LogP contribution in [0.25, 0.3) is 0 Å². The molecule has 0 heterocycles. The summed E-state index contributed by atoms with van der Waals surface area (Å²) in [4.78, 5) is 24.4. The molecule has 338 valence electrons. The van der Waals surface area contributed by atoms with E-state index in [0.717, 1.165) is 116 Å². The fourth-order valence-corrected chi connectivity index (χ4v) is 6.13. The zero-order chi connectivity index (χ0) is 43.5. The molecule has 0 bridgehead atoms. The Bertz CT molecular complexity index is 1260. The minimum atomic E-state index is -0.798. The molecule has 0 aliphatic rings. The number of rotatable bonds is 42. The molecule has 0 radical (unpaired) electrons. The van der Waals surface area contributed by atoms with Crippen molar-refractivity contribution >= 4 is 11.9 Å². The van der Waals surface area contributed by atoms with Crippen LogP contribution in [0.3, 0.4) is 0 Å². The second-order valence-corrected chi connectivity index (χ2v) is 15.4. The van der Waals surface area contributed by atoms with Crippen molar-refractivity contribution < 1.29 is 24.2 Å². The zero-order valence-corrected chi connectivity index (χ0v) is 38.4. The van der Waals surface area contributed by atoms with Gasteiger partial charge in [0.15, 0.2) is 6.10 Å². The Hall–Kier alpha value is -3.70. The maximum atomic E-state index is 12.2. The van der Waals surface area contributed by atoms with E-state index in [2.05, 4.69) is 135 Å². The lowest BCUT2D eigenvalue weighted by Gasteiger charge is -2.15. The van der Waals surface area contributed by atoms with Crippen LogP contribution in [0.2, 0.25) is 0 Å². The van der Waals surface area contributed by atoms with Crippen molar-refractivity contribution in [2.45, 2.75) is 200 Å². The normalized spacial score (nSPS) is 13.3. The van der Waals surface area contributed by atoms with Crippen molar-refractivity contribution in [1.29, 1.82) is 0 Å². The summed E-state index contributed by atoms with van der Waals surface area (Å²) in [7, 11) is 0. The maximum Gasteiger partial charge on any atom is 0.306 e. The van der Waals surface area contributed by atoms with Gasteiger partial charge in [-0.1, -0.05) is 193 Å². The Labute approximate surface area is 369 Å². The first-order valence-electron chi connectivity index (χ1n) is 24.1. The van der Waals surface area contributed by atoms with E-state index < -0.39 is 6.10 Å². The number of carbonyl (C=O) groups is 2. The molecule has 0 fully saturated rings. The molecule has 5 nitrogen and oxygen atoms in total. The predicted molar refractivity (Wildman–Crippen MR) is 260 cm³/mol. The standard InChI is InChI=1S/C55H88O5/c1-3-5-7-9-11-13-15-17-19-21-22-23-24-25-26-27-28-29-30-31-32-34-36-38-40-42-44-46-48-50-55(58)60-53(51-56)52-59-54(57)49-47-45-43-41-39-37-35-33-20-18-16-14-12-10-8-6-4-2/h5,7,11-14,17-20,22-23,25-26,28-29,31-32,36,38,53,56H,3-4,6,8-10,15-16,21,24,27,30,33-35,37,39-52H2,1-2H3/b7-5-,13-11-,14-12-,19-17-,20-18-,23-22-,26-25-,29-28-,32-31-,38-36-. The minimum Gasteiger partial charge on any atom is -0.462 e. The lowest BCUT2D eigenvalue weighted by atomic mass is 10.1. The molecule has 0 aliphatic heterocycles. The van der Waals surface area contributed by atoms with E-state index in [9.17, 15) is 14.7 Å². The molecular formula is C55H88O5. The van der Waals surface area contributed by atoms with Crippen molar-refractivity contribution in [2.24, 2.45) is 0 Å². The summed E-state index contributed by atoms with van der Waals surface area (Å²) in [6.45, 7) is 3.96. The molecule has 0 saturated carbocycles. The van der Waals surface area contributed by atoms with Gasteiger partial charge in [0.2, 0.25) is 0 Å². The smallest absolute Gasteiger partial charge is 0.306 e. The van der Waals surface area contributed by atoms with E-state index in [1.54, 1.807) is 0 Å². The molecule has 0 aromatic heterocycles. The van der Waals surface area contributed by atoms with Crippen molar-refractivity contribution in [3.8, 4) is 0 Å². The summed E-state index contributed by atoms with van der Waals surface area (Å²) in [5.74, 6) is -0.639. The monoisotopic (exact) mass is 829 g/mol. The van der Waals surface area contributed by atoms with Gasteiger partial charge in [-0.05, 0) is 109 Å². The highest BCUT2D eigenvalue weighted by atomic mass is 16.6. The highest BCUT2D eigenvalue weighted by molar-refractivity contribution is 5.70. The predicted octanol–water partition coefficient (Wildman–Crippen LogP) is 16.0. The number of aliphatic hydroxyl groups is 1. The van der Waals surface area contributed by atoms with Crippen molar-refractivity contribution in [2.75, 3.05) is 13.2 Å². The fourth-order valence-electron chi connectivity index (χ4n) is 6.13. The molecule has 0 spiro atoms. The minimum absolute atomic E-state index is 0.0885. The van der Waals surface area contributed by atoms with E-state index in [0.29, 0.717) is 12.8 Å². The van der Waals surface area contributed by atoms with E-state index in [1.807, 2.05) is 0 Å². The largest absolute Gasteiger partial charge is 0.462 e. The highest BCUT2D eigenvalue weighted by Crippen LogP contribution is 2.12. The van der Waals surface area contributed by atoms with Crippen LogP contribution in [0.4, 0.5) is 0 Å². The van der Waals surface area contributed by atoms with Crippen LogP contribution in [0.1, 0.15) is 194 Å². The van der Waals surface area contributed by atoms with Gasteiger partial charge in [-0.3, -0.25) is 9.59 Å². The number of esters is 2. The second kappa shape index (κ2) is 49.7. The van der Waals surface area contributed by atoms with Gasteiger partial charge in [0.05, 0.1) is 6.61 Å². The Morgan fingerprint density at radius 3 is 1.08 bits per heavy atom. The van der Waals surface area contributed by atoms with Gasteiger partial charge in [0, 0.05) is 12.8 Å². The molecule has 0 amide bonds. The maximum absolute atomic E-state index is 12.2. The summed E-state index contributed by atoms with van der Waals surface area (Å²) in [5, 5.41) is 9.61. The molecule has 1 atom stereocenters. The summed E-state index contributed by atoms with van der Waals surface area (Å²) >= 11 is 0. The third-order valence-electron chi connectivity index (χ3n) is 9.74.